The Morgan fingerprint density at radius 1 is 1.34 bits per heavy atom. The number of allylic oxidation sites excluding steroid dienone is 2. The first kappa shape index (κ1) is 25.8. The highest BCUT2D eigenvalue weighted by molar-refractivity contribution is 6.74. The molecule has 1 fully saturated rings. The largest absolute Gasteiger partial charge is 0.480 e. The second-order valence-electron chi connectivity index (χ2n) is 10.2. The lowest BCUT2D eigenvalue weighted by Crippen LogP contribution is -2.66. The maximum Gasteiger partial charge on any atom is 0.228 e. The smallest absolute Gasteiger partial charge is 0.228 e. The quantitative estimate of drug-likeness (QED) is 0.255. The monoisotopic (exact) mass is 422 g/mol. The van der Waals surface area contributed by atoms with Crippen LogP contribution in [-0.2, 0) is 9.16 Å². The molecule has 0 saturated carbocycles. The van der Waals surface area contributed by atoms with Gasteiger partial charge in [-0.15, -0.1) is 0 Å². The lowest BCUT2D eigenvalue weighted by molar-refractivity contribution is -0.0648. The van der Waals surface area contributed by atoms with E-state index in [1.165, 1.54) is 7.11 Å². The standard InChI is InChI=1S/C22H42N4O2Si/c1-11-12-13-22(7,17(2)23)25-18(19(24)27-8)14-26-15-21(6,16-26)28-29(9,10)20(3,4)5/h11-13,17,24H,1,14-16,23H2,2-10H3/b13-12-,24-19?,25-18?/t17?,22-/m0/s1. The van der Waals surface area contributed by atoms with Gasteiger partial charge in [0.1, 0.15) is 5.71 Å². The fourth-order valence-electron chi connectivity index (χ4n) is 3.18. The van der Waals surface area contributed by atoms with Gasteiger partial charge in [-0.1, -0.05) is 45.6 Å². The number of hydrogen-bond donors (Lipinski definition) is 2. The first-order valence-electron chi connectivity index (χ1n) is 10.3. The molecule has 0 aromatic rings. The van der Waals surface area contributed by atoms with Crippen LogP contribution >= 0.6 is 0 Å². The maximum atomic E-state index is 8.22. The SMILES string of the molecule is C=C/C=C\[C@](C)(N=C(CN1CC(C)(O[Si](C)(C)C(C)(C)C)C1)C(=N)OC)C(C)N. The Morgan fingerprint density at radius 3 is 2.31 bits per heavy atom. The fraction of sp³-hybridized carbons (Fsp3) is 0.727. The van der Waals surface area contributed by atoms with Crippen molar-refractivity contribution in [1.82, 2.24) is 4.90 Å². The Kier molecular flexibility index (Phi) is 8.21. The number of aliphatic imine (C=N–C) groups is 1. The van der Waals surface area contributed by atoms with Gasteiger partial charge in [-0.2, -0.15) is 0 Å². The topological polar surface area (TPSA) is 83.9 Å². The Morgan fingerprint density at radius 2 is 1.90 bits per heavy atom. The molecule has 7 heteroatoms. The minimum absolute atomic E-state index is 0.0720. The van der Waals surface area contributed by atoms with Crippen LogP contribution in [0, 0.1) is 5.41 Å². The number of methoxy groups -OCH3 is 1. The molecule has 3 N–H and O–H groups in total. The summed E-state index contributed by atoms with van der Waals surface area (Å²) in [5.41, 5.74) is 6.00. The molecular formula is C22H42N4O2Si. The van der Waals surface area contributed by atoms with Crippen molar-refractivity contribution >= 4 is 19.9 Å². The number of nitrogens with two attached hydrogens (primary N) is 1. The minimum Gasteiger partial charge on any atom is -0.480 e. The zero-order chi connectivity index (χ0) is 22.7. The van der Waals surface area contributed by atoms with E-state index in [0.29, 0.717) is 12.3 Å². The Hall–Kier alpha value is -1.28. The molecule has 1 unspecified atom stereocenters. The maximum absolute atomic E-state index is 8.22. The van der Waals surface area contributed by atoms with Crippen LogP contribution in [0.5, 0.6) is 0 Å². The molecule has 0 bridgehead atoms. The highest BCUT2D eigenvalue weighted by Crippen LogP contribution is 2.41. The van der Waals surface area contributed by atoms with E-state index in [0.717, 1.165) is 13.1 Å². The van der Waals surface area contributed by atoms with Crippen LogP contribution < -0.4 is 5.73 Å². The van der Waals surface area contributed by atoms with Crippen molar-refractivity contribution in [3.05, 3.63) is 24.8 Å². The van der Waals surface area contributed by atoms with Gasteiger partial charge in [0.2, 0.25) is 5.90 Å². The average Bonchev–Trinajstić information content (AvgIpc) is 2.55. The third kappa shape index (κ3) is 6.60. The highest BCUT2D eigenvalue weighted by Gasteiger charge is 2.48. The third-order valence-corrected chi connectivity index (χ3v) is 10.7. The summed E-state index contributed by atoms with van der Waals surface area (Å²) in [5.74, 6) is 0.0720. The third-order valence-electron chi connectivity index (χ3n) is 6.13. The molecule has 1 heterocycles. The number of likely N-dealkylation sites (tertiary alicyclic amines) is 1. The van der Waals surface area contributed by atoms with Crippen molar-refractivity contribution in [2.24, 2.45) is 10.7 Å². The molecule has 2 atom stereocenters. The summed E-state index contributed by atoms with van der Waals surface area (Å²) in [4.78, 5) is 7.08. The van der Waals surface area contributed by atoms with Gasteiger partial charge in [-0.25, -0.2) is 0 Å². The second kappa shape index (κ2) is 9.25. The summed E-state index contributed by atoms with van der Waals surface area (Å²) in [7, 11) is -0.334. The summed E-state index contributed by atoms with van der Waals surface area (Å²) in [5, 5.41) is 8.40. The minimum atomic E-state index is -1.84. The molecule has 1 aliphatic heterocycles. The van der Waals surface area contributed by atoms with Crippen molar-refractivity contribution in [2.45, 2.75) is 76.9 Å². The second-order valence-corrected chi connectivity index (χ2v) is 14.9. The predicted octanol–water partition coefficient (Wildman–Crippen LogP) is 4.00. The molecule has 166 valence electrons. The first-order valence-corrected chi connectivity index (χ1v) is 13.2. The lowest BCUT2D eigenvalue weighted by Gasteiger charge is -2.53. The van der Waals surface area contributed by atoms with Crippen LogP contribution in [0.4, 0.5) is 0 Å². The van der Waals surface area contributed by atoms with E-state index in [1.54, 1.807) is 6.08 Å². The summed E-state index contributed by atoms with van der Waals surface area (Å²) < 4.78 is 11.9. The molecule has 0 aromatic heterocycles. The summed E-state index contributed by atoms with van der Waals surface area (Å²) in [6.07, 6.45) is 5.47. The average molecular weight is 423 g/mol. The highest BCUT2D eigenvalue weighted by atomic mass is 28.4. The van der Waals surface area contributed by atoms with E-state index in [-0.39, 0.29) is 22.6 Å². The summed E-state index contributed by atoms with van der Waals surface area (Å²) in [6.45, 7) is 23.3. The van der Waals surface area contributed by atoms with Crippen LogP contribution in [0.2, 0.25) is 18.1 Å². The van der Waals surface area contributed by atoms with Crippen LogP contribution in [0.1, 0.15) is 41.5 Å². The number of nitrogens with zero attached hydrogens (tertiary/aromatic N) is 2. The van der Waals surface area contributed by atoms with E-state index >= 15 is 0 Å². The molecule has 0 radical (unpaired) electrons. The molecule has 0 spiro atoms. The van der Waals surface area contributed by atoms with Crippen LogP contribution in [0.3, 0.4) is 0 Å². The molecule has 6 nitrogen and oxygen atoms in total. The van der Waals surface area contributed by atoms with E-state index in [9.17, 15) is 0 Å². The number of nitrogens with one attached hydrogen (secondary N) is 1. The van der Waals surface area contributed by atoms with Crippen LogP contribution in [-0.4, -0.2) is 68.8 Å². The van der Waals surface area contributed by atoms with Crippen LogP contribution in [0.15, 0.2) is 29.8 Å². The van der Waals surface area contributed by atoms with Crippen molar-refractivity contribution in [2.75, 3.05) is 26.7 Å². The van der Waals surface area contributed by atoms with Gasteiger partial charge in [0.25, 0.3) is 0 Å². The Bertz CT molecular complexity index is 658. The molecule has 1 rings (SSSR count). The van der Waals surface area contributed by atoms with Crippen molar-refractivity contribution in [3.63, 3.8) is 0 Å². The van der Waals surface area contributed by atoms with E-state index in [1.807, 2.05) is 26.0 Å². The molecule has 0 amide bonds. The van der Waals surface area contributed by atoms with Crippen molar-refractivity contribution in [1.29, 1.82) is 5.41 Å². The van der Waals surface area contributed by atoms with E-state index in [4.69, 9.17) is 25.3 Å². The summed E-state index contributed by atoms with van der Waals surface area (Å²) in [6, 6.07) is -0.220. The van der Waals surface area contributed by atoms with Gasteiger partial charge >= 0.3 is 0 Å². The Balaban J connectivity index is 2.97. The molecular weight excluding hydrogens is 380 g/mol. The van der Waals surface area contributed by atoms with Gasteiger partial charge in [0, 0.05) is 25.7 Å². The van der Waals surface area contributed by atoms with Crippen molar-refractivity contribution in [3.8, 4) is 0 Å². The van der Waals surface area contributed by atoms with Gasteiger partial charge in [0.15, 0.2) is 8.32 Å². The summed E-state index contributed by atoms with van der Waals surface area (Å²) >= 11 is 0. The van der Waals surface area contributed by atoms with Crippen molar-refractivity contribution < 1.29 is 9.16 Å². The van der Waals surface area contributed by atoms with E-state index in [2.05, 4.69) is 52.3 Å². The number of ether oxygens (including phenoxy) is 1. The zero-order valence-corrected chi connectivity index (χ0v) is 20.9. The lowest BCUT2D eigenvalue weighted by atomic mass is 9.93. The van der Waals surface area contributed by atoms with Gasteiger partial charge in [-0.05, 0) is 38.9 Å². The fourth-order valence-corrected chi connectivity index (χ4v) is 4.84. The van der Waals surface area contributed by atoms with Gasteiger partial charge < -0.3 is 14.9 Å². The Labute approximate surface area is 178 Å². The molecule has 29 heavy (non-hydrogen) atoms. The van der Waals surface area contributed by atoms with Crippen LogP contribution in [0.25, 0.3) is 0 Å². The normalized spacial score (nSPS) is 21.4. The first-order chi connectivity index (χ1) is 13.1. The van der Waals surface area contributed by atoms with Gasteiger partial charge in [0.05, 0.1) is 18.2 Å². The predicted molar refractivity (Wildman–Crippen MR) is 127 cm³/mol. The van der Waals surface area contributed by atoms with Gasteiger partial charge in [-0.3, -0.25) is 15.3 Å². The number of hydrogen-bond acceptors (Lipinski definition) is 6. The molecule has 1 aliphatic rings. The van der Waals surface area contributed by atoms with E-state index < -0.39 is 13.9 Å². The molecule has 0 aliphatic carbocycles. The molecule has 0 aromatic carbocycles. The molecule has 1 saturated heterocycles. The zero-order valence-electron chi connectivity index (χ0n) is 19.9. The number of rotatable bonds is 9.